The SMILES string of the molecule is COc1cc(C=Cc2nc(O)c([N+](=O)[O-])c(=O)[nH]2)ccc1OCC#N. The first-order valence-electron chi connectivity index (χ1n) is 6.79. The Morgan fingerprint density at radius 1 is 1.44 bits per heavy atom. The van der Waals surface area contributed by atoms with Gasteiger partial charge in [0.2, 0.25) is 0 Å². The molecule has 2 N–H and O–H groups in total. The molecule has 0 saturated carbocycles. The molecule has 0 unspecified atom stereocenters. The van der Waals surface area contributed by atoms with Gasteiger partial charge in [0.05, 0.1) is 12.0 Å². The number of rotatable bonds is 6. The molecule has 10 nitrogen and oxygen atoms in total. The minimum absolute atomic E-state index is 0.0585. The number of hydrogen-bond acceptors (Lipinski definition) is 8. The number of nitro groups is 1. The Bertz CT molecular complexity index is 929. The van der Waals surface area contributed by atoms with Crippen LogP contribution in [0.15, 0.2) is 23.0 Å². The molecule has 2 aromatic rings. The third-order valence-corrected chi connectivity index (χ3v) is 2.99. The number of hydrogen-bond donors (Lipinski definition) is 2. The van der Waals surface area contributed by atoms with Gasteiger partial charge < -0.3 is 19.6 Å². The number of aromatic amines is 1. The van der Waals surface area contributed by atoms with Crippen LogP contribution in [0.25, 0.3) is 12.2 Å². The van der Waals surface area contributed by atoms with Crippen molar-refractivity contribution in [2.24, 2.45) is 0 Å². The third kappa shape index (κ3) is 4.11. The Hall–Kier alpha value is -3.87. The molecular weight excluding hydrogens is 332 g/mol. The maximum absolute atomic E-state index is 11.6. The molecule has 0 spiro atoms. The van der Waals surface area contributed by atoms with Gasteiger partial charge in [0.25, 0.3) is 5.88 Å². The van der Waals surface area contributed by atoms with Gasteiger partial charge in [-0.2, -0.15) is 10.2 Å². The van der Waals surface area contributed by atoms with Gasteiger partial charge in [-0.15, -0.1) is 0 Å². The standard InChI is InChI=1S/C15H12N4O6/c1-24-11-8-9(2-4-10(11)25-7-6-16)3-5-12-17-14(20)13(19(22)23)15(21)18-12/h2-5,8H,7H2,1H3,(H2,17,18,20,21). The van der Waals surface area contributed by atoms with Crippen LogP contribution in [0.5, 0.6) is 17.4 Å². The Balaban J connectivity index is 2.29. The number of nitrogens with one attached hydrogen (secondary N) is 1. The van der Waals surface area contributed by atoms with Gasteiger partial charge in [-0.25, -0.2) is 0 Å². The topological polar surface area (TPSA) is 151 Å². The second kappa shape index (κ2) is 7.60. The number of benzene rings is 1. The van der Waals surface area contributed by atoms with Gasteiger partial charge in [0.15, 0.2) is 18.1 Å². The number of methoxy groups -OCH3 is 1. The summed E-state index contributed by atoms with van der Waals surface area (Å²) in [6.45, 7) is -0.126. The van der Waals surface area contributed by atoms with Crippen LogP contribution < -0.4 is 15.0 Å². The molecule has 1 aromatic carbocycles. The predicted molar refractivity (Wildman–Crippen MR) is 86.2 cm³/mol. The quantitative estimate of drug-likeness (QED) is 0.590. The largest absolute Gasteiger partial charge is 0.493 e. The first kappa shape index (κ1) is 17.5. The Labute approximate surface area is 140 Å². The Morgan fingerprint density at radius 3 is 2.80 bits per heavy atom. The Morgan fingerprint density at radius 2 is 2.20 bits per heavy atom. The van der Waals surface area contributed by atoms with Crippen molar-refractivity contribution in [1.29, 1.82) is 5.26 Å². The number of nitrogens with zero attached hydrogens (tertiary/aromatic N) is 3. The molecule has 0 aliphatic rings. The van der Waals surface area contributed by atoms with Gasteiger partial charge in [0.1, 0.15) is 11.9 Å². The molecule has 0 bridgehead atoms. The average molecular weight is 344 g/mol. The molecule has 2 rings (SSSR count). The molecule has 10 heteroatoms. The molecule has 128 valence electrons. The van der Waals surface area contributed by atoms with Gasteiger partial charge in [0, 0.05) is 0 Å². The van der Waals surface area contributed by atoms with E-state index >= 15 is 0 Å². The molecule has 0 saturated heterocycles. The lowest BCUT2D eigenvalue weighted by atomic mass is 10.2. The van der Waals surface area contributed by atoms with Gasteiger partial charge in [-0.05, 0) is 23.8 Å². The van der Waals surface area contributed by atoms with Gasteiger partial charge in [-0.3, -0.25) is 14.9 Å². The smallest absolute Gasteiger partial charge is 0.395 e. The van der Waals surface area contributed by atoms with Crippen LogP contribution in [0, 0.1) is 21.4 Å². The van der Waals surface area contributed by atoms with Crippen LogP contribution in [0.1, 0.15) is 11.4 Å². The van der Waals surface area contributed by atoms with Crippen molar-refractivity contribution in [3.05, 3.63) is 50.1 Å². The highest BCUT2D eigenvalue weighted by atomic mass is 16.6. The summed E-state index contributed by atoms with van der Waals surface area (Å²) in [6.07, 6.45) is 2.90. The summed E-state index contributed by atoms with van der Waals surface area (Å²) in [4.78, 5) is 26.9. The van der Waals surface area contributed by atoms with E-state index in [4.69, 9.17) is 14.7 Å². The van der Waals surface area contributed by atoms with Crippen LogP contribution >= 0.6 is 0 Å². The second-order valence-electron chi connectivity index (χ2n) is 4.57. The van der Waals surface area contributed by atoms with Crippen LogP contribution in [-0.2, 0) is 0 Å². The number of H-pyrrole nitrogens is 1. The molecule has 1 heterocycles. The molecule has 0 amide bonds. The van der Waals surface area contributed by atoms with Crippen molar-refractivity contribution in [2.75, 3.05) is 13.7 Å². The number of nitriles is 1. The fourth-order valence-corrected chi connectivity index (χ4v) is 1.91. The van der Waals surface area contributed by atoms with Crippen molar-refractivity contribution in [1.82, 2.24) is 9.97 Å². The van der Waals surface area contributed by atoms with E-state index in [1.807, 2.05) is 6.07 Å². The van der Waals surface area contributed by atoms with E-state index in [1.54, 1.807) is 24.3 Å². The van der Waals surface area contributed by atoms with E-state index in [9.17, 15) is 20.0 Å². The molecular formula is C15H12N4O6. The lowest BCUT2D eigenvalue weighted by Gasteiger charge is -2.08. The zero-order valence-corrected chi connectivity index (χ0v) is 12.9. The molecule has 0 atom stereocenters. The maximum Gasteiger partial charge on any atom is 0.395 e. The van der Waals surface area contributed by atoms with Crippen LogP contribution in [0.3, 0.4) is 0 Å². The highest BCUT2D eigenvalue weighted by Crippen LogP contribution is 2.28. The zero-order valence-electron chi connectivity index (χ0n) is 12.9. The van der Waals surface area contributed by atoms with E-state index in [0.717, 1.165) is 0 Å². The first-order chi connectivity index (χ1) is 12.0. The minimum atomic E-state index is -1.06. The highest BCUT2D eigenvalue weighted by Gasteiger charge is 2.21. The zero-order chi connectivity index (χ0) is 18.4. The number of aromatic nitrogens is 2. The summed E-state index contributed by atoms with van der Waals surface area (Å²) < 4.78 is 10.4. The summed E-state index contributed by atoms with van der Waals surface area (Å²) in [5.41, 5.74) is -1.44. The molecule has 0 fully saturated rings. The summed E-state index contributed by atoms with van der Waals surface area (Å²) in [7, 11) is 1.44. The summed E-state index contributed by atoms with van der Waals surface area (Å²) in [5.74, 6) is -0.241. The molecule has 0 radical (unpaired) electrons. The first-order valence-corrected chi connectivity index (χ1v) is 6.79. The number of ether oxygens (including phenoxy) is 2. The van der Waals surface area contributed by atoms with Crippen LogP contribution in [0.4, 0.5) is 5.69 Å². The lowest BCUT2D eigenvalue weighted by Crippen LogP contribution is -2.14. The van der Waals surface area contributed by atoms with E-state index in [2.05, 4.69) is 9.97 Å². The molecule has 25 heavy (non-hydrogen) atoms. The van der Waals surface area contributed by atoms with E-state index in [1.165, 1.54) is 13.2 Å². The maximum atomic E-state index is 11.6. The summed E-state index contributed by atoms with van der Waals surface area (Å²) in [5, 5.41) is 28.6. The van der Waals surface area contributed by atoms with Gasteiger partial charge >= 0.3 is 11.2 Å². The number of aromatic hydroxyl groups is 1. The van der Waals surface area contributed by atoms with Gasteiger partial charge in [-0.1, -0.05) is 12.1 Å². The summed E-state index contributed by atoms with van der Waals surface area (Å²) in [6, 6.07) is 6.72. The van der Waals surface area contributed by atoms with Crippen molar-refractivity contribution in [3.8, 4) is 23.4 Å². The predicted octanol–water partition coefficient (Wildman–Crippen LogP) is 1.47. The monoisotopic (exact) mass is 344 g/mol. The average Bonchev–Trinajstić information content (AvgIpc) is 2.57. The van der Waals surface area contributed by atoms with E-state index in [0.29, 0.717) is 17.1 Å². The van der Waals surface area contributed by atoms with E-state index in [-0.39, 0.29) is 12.4 Å². The fourth-order valence-electron chi connectivity index (χ4n) is 1.91. The van der Waals surface area contributed by atoms with E-state index < -0.39 is 22.0 Å². The van der Waals surface area contributed by atoms with Crippen molar-refractivity contribution >= 4 is 17.8 Å². The van der Waals surface area contributed by atoms with Crippen molar-refractivity contribution in [2.45, 2.75) is 0 Å². The highest BCUT2D eigenvalue weighted by molar-refractivity contribution is 5.68. The van der Waals surface area contributed by atoms with Crippen LogP contribution in [-0.4, -0.2) is 33.7 Å². The third-order valence-electron chi connectivity index (χ3n) is 2.99. The van der Waals surface area contributed by atoms with Crippen molar-refractivity contribution in [3.63, 3.8) is 0 Å². The molecule has 1 aromatic heterocycles. The normalized spacial score (nSPS) is 10.4. The van der Waals surface area contributed by atoms with Crippen LogP contribution in [0.2, 0.25) is 0 Å². The molecule has 0 aliphatic carbocycles. The minimum Gasteiger partial charge on any atom is -0.493 e. The lowest BCUT2D eigenvalue weighted by molar-refractivity contribution is -0.387. The second-order valence-corrected chi connectivity index (χ2v) is 4.57. The van der Waals surface area contributed by atoms with Crippen molar-refractivity contribution < 1.29 is 19.5 Å². The summed E-state index contributed by atoms with van der Waals surface area (Å²) >= 11 is 0. The Kier molecular flexibility index (Phi) is 5.32. The molecule has 0 aliphatic heterocycles. The fraction of sp³-hybridized carbons (Fsp3) is 0.133.